The lowest BCUT2D eigenvalue weighted by molar-refractivity contribution is 0.584. The highest BCUT2D eigenvalue weighted by molar-refractivity contribution is 6.28. The van der Waals surface area contributed by atoms with E-state index in [2.05, 4.69) is 65.8 Å². The van der Waals surface area contributed by atoms with Gasteiger partial charge in [0.05, 0.1) is 22.7 Å². The second-order valence-electron chi connectivity index (χ2n) is 19.2. The van der Waals surface area contributed by atoms with Gasteiger partial charge in [-0.2, -0.15) is 0 Å². The lowest BCUT2D eigenvalue weighted by Crippen LogP contribution is -2.14. The molecule has 0 radical (unpaired) electrons. The Bertz CT molecular complexity index is 3210. The number of para-hydroxylation sites is 2. The van der Waals surface area contributed by atoms with Crippen molar-refractivity contribution in [2.75, 3.05) is 9.80 Å². The Labute approximate surface area is 383 Å². The van der Waals surface area contributed by atoms with Gasteiger partial charge in [0, 0.05) is 45.4 Å². The Morgan fingerprint density at radius 1 is 0.333 bits per heavy atom. The topological polar surface area (TPSA) is 6.48 Å². The van der Waals surface area contributed by atoms with Gasteiger partial charge in [-0.15, -0.1) is 0 Å². The Hall–Kier alpha value is -7.44. The molecule has 10 rings (SSSR count). The molecule has 0 fully saturated rings. The second kappa shape index (κ2) is 16.2. The third-order valence-corrected chi connectivity index (χ3v) is 12.8. The highest BCUT2D eigenvalue weighted by Gasteiger charge is 2.27. The largest absolute Gasteiger partial charge is 0.307 e. The van der Waals surface area contributed by atoms with E-state index in [1.165, 1.54) is 0 Å². The van der Waals surface area contributed by atoms with Crippen LogP contribution < -0.4 is 9.80 Å². The molecule has 326 valence electrons. The summed E-state index contributed by atoms with van der Waals surface area (Å²) in [6.45, 7) is 12.6. The van der Waals surface area contributed by atoms with Crippen LogP contribution in [0.15, 0.2) is 182 Å². The molecule has 0 heterocycles. The molecule has 10 aromatic carbocycles. The first-order chi connectivity index (χ1) is 31.7. The molecular formula is C60H48F4N2. The van der Waals surface area contributed by atoms with Crippen LogP contribution in [-0.4, -0.2) is 0 Å². The highest BCUT2D eigenvalue weighted by atomic mass is 19.1. The van der Waals surface area contributed by atoms with Crippen LogP contribution in [0.4, 0.5) is 51.7 Å². The number of rotatable bonds is 8. The van der Waals surface area contributed by atoms with E-state index in [0.29, 0.717) is 45.0 Å². The smallest absolute Gasteiger partial charge is 0.150 e. The highest BCUT2D eigenvalue weighted by Crippen LogP contribution is 2.49. The van der Waals surface area contributed by atoms with Crippen LogP contribution in [0.1, 0.15) is 52.7 Å². The number of anilines is 6. The van der Waals surface area contributed by atoms with Crippen molar-refractivity contribution in [3.8, 4) is 22.3 Å². The maximum absolute atomic E-state index is 16.6. The molecule has 0 unspecified atom stereocenters. The fourth-order valence-corrected chi connectivity index (χ4v) is 9.30. The summed E-state index contributed by atoms with van der Waals surface area (Å²) in [4.78, 5) is 3.72. The first-order valence-electron chi connectivity index (χ1n) is 22.3. The van der Waals surface area contributed by atoms with E-state index in [1.54, 1.807) is 12.1 Å². The van der Waals surface area contributed by atoms with E-state index >= 15 is 17.6 Å². The van der Waals surface area contributed by atoms with Crippen molar-refractivity contribution in [1.82, 2.24) is 0 Å². The molecular weight excluding hydrogens is 825 g/mol. The lowest BCUT2D eigenvalue weighted by Gasteiger charge is -2.30. The van der Waals surface area contributed by atoms with Crippen molar-refractivity contribution < 1.29 is 17.6 Å². The first-order valence-corrected chi connectivity index (χ1v) is 22.3. The normalized spacial score (nSPS) is 12.1. The van der Waals surface area contributed by atoms with E-state index in [9.17, 15) is 0 Å². The van der Waals surface area contributed by atoms with Crippen LogP contribution >= 0.6 is 0 Å². The predicted molar refractivity (Wildman–Crippen MR) is 268 cm³/mol. The summed E-state index contributed by atoms with van der Waals surface area (Å²) in [7, 11) is 0. The lowest BCUT2D eigenvalue weighted by atomic mass is 9.85. The Balaban J connectivity index is 1.19. The molecule has 2 nitrogen and oxygen atoms in total. The van der Waals surface area contributed by atoms with Gasteiger partial charge in [0.1, 0.15) is 23.3 Å². The zero-order valence-corrected chi connectivity index (χ0v) is 37.7. The average molecular weight is 873 g/mol. The molecule has 0 saturated heterocycles. The zero-order valence-electron chi connectivity index (χ0n) is 37.7. The first kappa shape index (κ1) is 42.5. The molecule has 0 N–H and O–H groups in total. The molecule has 0 aliphatic carbocycles. The summed E-state index contributed by atoms with van der Waals surface area (Å²) in [5.41, 5.74) is 6.77. The number of nitrogens with zero attached hydrogens (tertiary/aromatic N) is 2. The van der Waals surface area contributed by atoms with Crippen molar-refractivity contribution in [1.29, 1.82) is 0 Å². The summed E-state index contributed by atoms with van der Waals surface area (Å²) in [5, 5.41) is 5.45. The van der Waals surface area contributed by atoms with Gasteiger partial charge in [0.25, 0.3) is 0 Å². The molecule has 66 heavy (non-hydrogen) atoms. The minimum Gasteiger partial charge on any atom is -0.307 e. The summed E-state index contributed by atoms with van der Waals surface area (Å²) in [6.07, 6.45) is 0. The van der Waals surface area contributed by atoms with Crippen LogP contribution in [-0.2, 0) is 10.8 Å². The van der Waals surface area contributed by atoms with E-state index in [1.807, 2.05) is 143 Å². The monoisotopic (exact) mass is 872 g/mol. The maximum atomic E-state index is 16.6. The van der Waals surface area contributed by atoms with Gasteiger partial charge in [0.2, 0.25) is 0 Å². The van der Waals surface area contributed by atoms with E-state index in [4.69, 9.17) is 0 Å². The molecule has 10 aromatic rings. The Morgan fingerprint density at radius 2 is 0.712 bits per heavy atom. The number of halogens is 4. The van der Waals surface area contributed by atoms with Crippen LogP contribution in [0.5, 0.6) is 0 Å². The van der Waals surface area contributed by atoms with Gasteiger partial charge in [-0.1, -0.05) is 163 Å². The van der Waals surface area contributed by atoms with Gasteiger partial charge in [0.15, 0.2) is 0 Å². The molecule has 0 saturated carbocycles. The molecule has 6 heteroatoms. The quantitative estimate of drug-likeness (QED) is 0.111. The maximum Gasteiger partial charge on any atom is 0.150 e. The van der Waals surface area contributed by atoms with Crippen molar-refractivity contribution in [3.05, 3.63) is 216 Å². The molecule has 0 spiro atoms. The van der Waals surface area contributed by atoms with Crippen molar-refractivity contribution in [2.24, 2.45) is 0 Å². The van der Waals surface area contributed by atoms with Crippen LogP contribution in [0, 0.1) is 23.3 Å². The summed E-state index contributed by atoms with van der Waals surface area (Å²) in [6, 6.07) is 56.1. The van der Waals surface area contributed by atoms with Crippen molar-refractivity contribution in [2.45, 2.75) is 52.4 Å². The predicted octanol–water partition coefficient (Wildman–Crippen LogP) is 18.0. The number of hydrogen-bond acceptors (Lipinski definition) is 2. The van der Waals surface area contributed by atoms with Gasteiger partial charge >= 0.3 is 0 Å². The van der Waals surface area contributed by atoms with Crippen molar-refractivity contribution in [3.63, 3.8) is 0 Å². The minimum atomic E-state index is -0.704. The van der Waals surface area contributed by atoms with E-state index < -0.39 is 23.3 Å². The Morgan fingerprint density at radius 3 is 1.09 bits per heavy atom. The van der Waals surface area contributed by atoms with Crippen LogP contribution in [0.2, 0.25) is 0 Å². The van der Waals surface area contributed by atoms with Crippen molar-refractivity contribution >= 4 is 66.4 Å². The summed E-state index contributed by atoms with van der Waals surface area (Å²) in [5.74, 6) is -2.71. The molecule has 0 aromatic heterocycles. The van der Waals surface area contributed by atoms with E-state index in [0.717, 1.165) is 55.6 Å². The fraction of sp³-hybridized carbons (Fsp3) is 0.133. The number of benzene rings is 10. The second-order valence-corrected chi connectivity index (χ2v) is 19.2. The van der Waals surface area contributed by atoms with Gasteiger partial charge in [-0.25, -0.2) is 17.6 Å². The van der Waals surface area contributed by atoms with Gasteiger partial charge < -0.3 is 9.80 Å². The minimum absolute atomic E-state index is 0.181. The summed E-state index contributed by atoms with van der Waals surface area (Å²) >= 11 is 0. The van der Waals surface area contributed by atoms with Crippen LogP contribution in [0.3, 0.4) is 0 Å². The molecule has 0 bridgehead atoms. The number of hydrogen-bond donors (Lipinski definition) is 0. The molecule has 0 atom stereocenters. The summed E-state index contributed by atoms with van der Waals surface area (Å²) < 4.78 is 65.2. The van der Waals surface area contributed by atoms with Crippen LogP contribution in [0.25, 0.3) is 54.6 Å². The zero-order chi connectivity index (χ0) is 46.1. The Kier molecular flexibility index (Phi) is 10.4. The van der Waals surface area contributed by atoms with Gasteiger partial charge in [-0.05, 0) is 103 Å². The third-order valence-electron chi connectivity index (χ3n) is 12.8. The average Bonchev–Trinajstić information content (AvgIpc) is 3.30. The van der Waals surface area contributed by atoms with E-state index in [-0.39, 0.29) is 22.2 Å². The van der Waals surface area contributed by atoms with Gasteiger partial charge in [-0.3, -0.25) is 0 Å². The fourth-order valence-electron chi connectivity index (χ4n) is 9.30. The molecule has 0 aliphatic rings. The molecule has 0 aliphatic heterocycles. The SMILES string of the molecule is CC(C)(C)c1cccc(-c2cc(N(c3ccccc3)c3ccc4ccc5c(N(c6ccccc6)c6cc(-c7cccc(C(C)(C)C)c7)c(F)cc6F)ccc6ccc3c4c65)c(F)cc2F)c1. The standard InChI is InChI=1S/C60H48F4N2/c1-59(2,3)41-17-13-15-39(31-41)47-33-55(51(63)35-49(47)61)65(43-19-9-7-10-20-43)53-29-25-37-24-28-46-54(30-26-38-23-27-45(53)57(37)58(38)46)66(44-21-11-8-12-22-44)56-34-48(50(62)36-52(56)64)40-16-14-18-42(32-40)60(4,5)6/h7-36H,1-6H3. The third kappa shape index (κ3) is 7.50. The molecule has 0 amide bonds.